The Bertz CT molecular complexity index is 488. The highest BCUT2D eigenvalue weighted by Crippen LogP contribution is 2.49. The van der Waals surface area contributed by atoms with E-state index in [-0.39, 0.29) is 11.9 Å². The van der Waals surface area contributed by atoms with E-state index in [1.807, 2.05) is 43.5 Å². The number of carbonyl (C=O) groups excluding carboxylic acids is 1. The van der Waals surface area contributed by atoms with Crippen LogP contribution in [0.4, 0.5) is 0 Å². The van der Waals surface area contributed by atoms with Gasteiger partial charge in [0, 0.05) is 18.8 Å². The van der Waals surface area contributed by atoms with Gasteiger partial charge in [-0.2, -0.15) is 5.10 Å². The van der Waals surface area contributed by atoms with Crippen molar-refractivity contribution in [1.82, 2.24) is 14.7 Å². The Kier molecular flexibility index (Phi) is 3.45. The smallest absolute Gasteiger partial charge is 0.247 e. The average Bonchev–Trinajstić information content (AvgIpc) is 3.02. The van der Waals surface area contributed by atoms with Crippen LogP contribution in [-0.4, -0.2) is 33.7 Å². The third-order valence-electron chi connectivity index (χ3n) is 4.74. The summed E-state index contributed by atoms with van der Waals surface area (Å²) in [5, 5.41) is 4.42. The Morgan fingerprint density at radius 2 is 2.00 bits per heavy atom. The van der Waals surface area contributed by atoms with Crippen molar-refractivity contribution in [2.75, 3.05) is 7.05 Å². The molecule has 106 valence electrons. The lowest BCUT2D eigenvalue weighted by molar-refractivity contribution is -0.136. The van der Waals surface area contributed by atoms with Crippen molar-refractivity contribution in [3.05, 3.63) is 17.5 Å². The molecule has 1 fully saturated rings. The molecule has 1 aliphatic rings. The van der Waals surface area contributed by atoms with Gasteiger partial charge >= 0.3 is 0 Å². The van der Waals surface area contributed by atoms with Gasteiger partial charge in [0.25, 0.3) is 0 Å². The molecule has 0 unspecified atom stereocenters. The van der Waals surface area contributed by atoms with Crippen molar-refractivity contribution >= 4 is 5.91 Å². The van der Waals surface area contributed by atoms with Crippen molar-refractivity contribution in [2.45, 2.75) is 59.5 Å². The Hall–Kier alpha value is -1.32. The maximum absolute atomic E-state index is 12.6. The Morgan fingerprint density at radius 1 is 1.42 bits per heavy atom. The largest absolute Gasteiger partial charge is 0.341 e. The molecule has 0 N–H and O–H groups in total. The summed E-state index contributed by atoms with van der Waals surface area (Å²) in [6.07, 6.45) is 2.44. The molecule has 1 saturated carbocycles. The third-order valence-corrected chi connectivity index (χ3v) is 4.74. The van der Waals surface area contributed by atoms with Crippen LogP contribution >= 0.6 is 0 Å². The standard InChI is InChI=1S/C15H25N3O/c1-10-9-11(2)18(16-10)12(3)14(19)17(6)13(4)15(5)7-8-15/h9,12-13H,7-8H2,1-6H3/t12-,13-/m0/s1. The van der Waals surface area contributed by atoms with E-state index in [4.69, 9.17) is 0 Å². The van der Waals surface area contributed by atoms with Gasteiger partial charge in [0.15, 0.2) is 0 Å². The van der Waals surface area contributed by atoms with Gasteiger partial charge in [-0.25, -0.2) is 0 Å². The van der Waals surface area contributed by atoms with E-state index < -0.39 is 0 Å². The van der Waals surface area contributed by atoms with Gasteiger partial charge in [-0.15, -0.1) is 0 Å². The quantitative estimate of drug-likeness (QED) is 0.837. The number of aromatic nitrogens is 2. The van der Waals surface area contributed by atoms with Crippen molar-refractivity contribution < 1.29 is 4.79 Å². The molecule has 1 aliphatic carbocycles. The second kappa shape index (κ2) is 4.66. The number of carbonyl (C=O) groups is 1. The van der Waals surface area contributed by atoms with Crippen LogP contribution < -0.4 is 0 Å². The van der Waals surface area contributed by atoms with Gasteiger partial charge in [-0.05, 0) is 52.0 Å². The summed E-state index contributed by atoms with van der Waals surface area (Å²) in [6.45, 7) is 10.3. The lowest BCUT2D eigenvalue weighted by Crippen LogP contribution is -2.43. The maximum atomic E-state index is 12.6. The molecule has 0 aromatic carbocycles. The molecular formula is C15H25N3O. The SMILES string of the molecule is Cc1cc(C)n([C@@H](C)C(=O)N(C)[C@@H](C)C2(C)CC2)n1. The zero-order valence-electron chi connectivity index (χ0n) is 12.9. The Morgan fingerprint density at radius 3 is 2.42 bits per heavy atom. The molecule has 0 radical (unpaired) electrons. The van der Waals surface area contributed by atoms with Gasteiger partial charge in [-0.3, -0.25) is 9.48 Å². The van der Waals surface area contributed by atoms with Crippen molar-refractivity contribution in [3.8, 4) is 0 Å². The van der Waals surface area contributed by atoms with Gasteiger partial charge in [0.2, 0.25) is 5.91 Å². The summed E-state index contributed by atoms with van der Waals surface area (Å²) >= 11 is 0. The zero-order chi connectivity index (χ0) is 14.4. The fourth-order valence-corrected chi connectivity index (χ4v) is 2.71. The lowest BCUT2D eigenvalue weighted by atomic mass is 9.99. The summed E-state index contributed by atoms with van der Waals surface area (Å²) in [7, 11) is 1.92. The molecule has 0 bridgehead atoms. The molecular weight excluding hydrogens is 238 g/mol. The van der Waals surface area contributed by atoms with Crippen LogP contribution in [0.25, 0.3) is 0 Å². The molecule has 2 atom stereocenters. The summed E-state index contributed by atoms with van der Waals surface area (Å²) in [5.74, 6) is 0.145. The van der Waals surface area contributed by atoms with E-state index in [9.17, 15) is 4.79 Å². The van der Waals surface area contributed by atoms with E-state index in [0.29, 0.717) is 11.5 Å². The second-order valence-corrected chi connectivity index (χ2v) is 6.33. The second-order valence-electron chi connectivity index (χ2n) is 6.33. The summed E-state index contributed by atoms with van der Waals surface area (Å²) in [5.41, 5.74) is 2.32. The number of rotatable bonds is 4. The fraction of sp³-hybridized carbons (Fsp3) is 0.733. The molecule has 1 amide bonds. The normalized spacial score (nSPS) is 19.9. The first-order valence-corrected chi connectivity index (χ1v) is 7.06. The molecule has 0 saturated heterocycles. The van der Waals surface area contributed by atoms with E-state index in [0.717, 1.165) is 11.4 Å². The summed E-state index contributed by atoms with van der Waals surface area (Å²) in [4.78, 5) is 14.5. The third kappa shape index (κ3) is 2.53. The number of hydrogen-bond acceptors (Lipinski definition) is 2. The minimum Gasteiger partial charge on any atom is -0.341 e. The highest BCUT2D eigenvalue weighted by molar-refractivity contribution is 5.80. The van der Waals surface area contributed by atoms with Crippen LogP contribution in [0.3, 0.4) is 0 Å². The summed E-state index contributed by atoms with van der Waals surface area (Å²) < 4.78 is 1.83. The van der Waals surface area contributed by atoms with Crippen LogP contribution in [-0.2, 0) is 4.79 Å². The van der Waals surface area contributed by atoms with Gasteiger partial charge in [0.05, 0.1) is 5.69 Å². The Labute approximate surface area is 115 Å². The van der Waals surface area contributed by atoms with Crippen LogP contribution in [0.5, 0.6) is 0 Å². The summed E-state index contributed by atoms with van der Waals surface area (Å²) in [6, 6.07) is 2.07. The molecule has 19 heavy (non-hydrogen) atoms. The first kappa shape index (κ1) is 14.1. The first-order chi connectivity index (χ1) is 8.76. The molecule has 4 heteroatoms. The maximum Gasteiger partial charge on any atom is 0.247 e. The number of amides is 1. The number of nitrogens with zero attached hydrogens (tertiary/aromatic N) is 3. The zero-order valence-corrected chi connectivity index (χ0v) is 12.9. The average molecular weight is 263 g/mol. The molecule has 0 spiro atoms. The van der Waals surface area contributed by atoms with E-state index in [1.54, 1.807) is 0 Å². The predicted molar refractivity (Wildman–Crippen MR) is 76.0 cm³/mol. The number of aryl methyl sites for hydroxylation is 2. The van der Waals surface area contributed by atoms with E-state index in [1.165, 1.54) is 12.8 Å². The molecule has 4 nitrogen and oxygen atoms in total. The van der Waals surface area contributed by atoms with E-state index in [2.05, 4.69) is 18.9 Å². The fourth-order valence-electron chi connectivity index (χ4n) is 2.71. The lowest BCUT2D eigenvalue weighted by Gasteiger charge is -2.32. The minimum atomic E-state index is -0.233. The van der Waals surface area contributed by atoms with Crippen LogP contribution in [0.1, 0.15) is 51.0 Å². The highest BCUT2D eigenvalue weighted by Gasteiger charge is 2.45. The minimum absolute atomic E-state index is 0.145. The predicted octanol–water partition coefficient (Wildman–Crippen LogP) is 2.71. The molecule has 1 heterocycles. The van der Waals surface area contributed by atoms with Gasteiger partial charge in [0.1, 0.15) is 6.04 Å². The molecule has 2 rings (SSSR count). The number of likely N-dealkylation sites (N-methyl/N-ethyl adjacent to an activating group) is 1. The first-order valence-electron chi connectivity index (χ1n) is 7.06. The Balaban J connectivity index is 2.12. The molecule has 1 aromatic rings. The van der Waals surface area contributed by atoms with Crippen LogP contribution in [0.15, 0.2) is 6.07 Å². The van der Waals surface area contributed by atoms with E-state index >= 15 is 0 Å². The monoisotopic (exact) mass is 263 g/mol. The highest BCUT2D eigenvalue weighted by atomic mass is 16.2. The van der Waals surface area contributed by atoms with Gasteiger partial charge in [-0.1, -0.05) is 6.92 Å². The van der Waals surface area contributed by atoms with Crippen molar-refractivity contribution in [1.29, 1.82) is 0 Å². The molecule has 0 aliphatic heterocycles. The number of hydrogen-bond donors (Lipinski definition) is 0. The van der Waals surface area contributed by atoms with Crippen molar-refractivity contribution in [2.24, 2.45) is 5.41 Å². The van der Waals surface area contributed by atoms with Crippen LogP contribution in [0, 0.1) is 19.3 Å². The van der Waals surface area contributed by atoms with Gasteiger partial charge < -0.3 is 4.90 Å². The topological polar surface area (TPSA) is 38.1 Å². The van der Waals surface area contributed by atoms with Crippen LogP contribution in [0.2, 0.25) is 0 Å². The van der Waals surface area contributed by atoms with Crippen molar-refractivity contribution in [3.63, 3.8) is 0 Å². The molecule has 1 aromatic heterocycles.